The van der Waals surface area contributed by atoms with Crippen LogP contribution in [0.1, 0.15) is 46.4 Å². The fourth-order valence-corrected chi connectivity index (χ4v) is 2.61. The number of pyridine rings is 1. The second kappa shape index (κ2) is 6.82. The minimum absolute atomic E-state index is 0.0359. The van der Waals surface area contributed by atoms with E-state index in [9.17, 15) is 9.59 Å². The zero-order chi connectivity index (χ0) is 17.1. The summed E-state index contributed by atoms with van der Waals surface area (Å²) in [5, 5.41) is 3.92. The SMILES string of the molecule is CC(C)c1cc(C(=O)N2CCN(C(=O)c3ccncc3)CC2)on1. The minimum Gasteiger partial charge on any atom is -0.351 e. The van der Waals surface area contributed by atoms with E-state index in [-0.39, 0.29) is 23.5 Å². The highest BCUT2D eigenvalue weighted by Gasteiger charge is 2.27. The van der Waals surface area contributed by atoms with Crippen LogP contribution < -0.4 is 0 Å². The van der Waals surface area contributed by atoms with Crippen molar-refractivity contribution in [1.29, 1.82) is 0 Å². The van der Waals surface area contributed by atoms with Crippen LogP contribution in [0, 0.1) is 0 Å². The zero-order valence-corrected chi connectivity index (χ0v) is 13.8. The van der Waals surface area contributed by atoms with Crippen LogP contribution in [0.4, 0.5) is 0 Å². The molecule has 1 saturated heterocycles. The highest BCUT2D eigenvalue weighted by molar-refractivity contribution is 5.95. The van der Waals surface area contributed by atoms with Gasteiger partial charge in [0, 0.05) is 50.2 Å². The van der Waals surface area contributed by atoms with Crippen LogP contribution in [0.2, 0.25) is 0 Å². The van der Waals surface area contributed by atoms with Crippen molar-refractivity contribution in [3.63, 3.8) is 0 Å². The van der Waals surface area contributed by atoms with Crippen LogP contribution in [0.3, 0.4) is 0 Å². The Balaban J connectivity index is 1.60. The molecule has 2 aromatic rings. The summed E-state index contributed by atoms with van der Waals surface area (Å²) in [7, 11) is 0. The van der Waals surface area contributed by atoms with E-state index in [4.69, 9.17) is 4.52 Å². The number of rotatable bonds is 3. The zero-order valence-electron chi connectivity index (χ0n) is 13.8. The third-order valence-corrected chi connectivity index (χ3v) is 4.11. The molecule has 24 heavy (non-hydrogen) atoms. The van der Waals surface area contributed by atoms with Gasteiger partial charge in [-0.15, -0.1) is 0 Å². The molecular weight excluding hydrogens is 308 g/mol. The molecule has 0 aliphatic carbocycles. The number of aromatic nitrogens is 2. The average molecular weight is 328 g/mol. The van der Waals surface area contributed by atoms with E-state index in [0.717, 1.165) is 5.69 Å². The molecular formula is C17H20N4O3. The van der Waals surface area contributed by atoms with Gasteiger partial charge in [-0.25, -0.2) is 0 Å². The normalized spacial score (nSPS) is 15.0. The molecule has 2 aromatic heterocycles. The highest BCUT2D eigenvalue weighted by Crippen LogP contribution is 2.16. The van der Waals surface area contributed by atoms with Crippen LogP contribution in [0.25, 0.3) is 0 Å². The molecule has 7 heteroatoms. The maximum atomic E-state index is 12.5. The van der Waals surface area contributed by atoms with E-state index in [1.165, 1.54) is 0 Å². The first kappa shape index (κ1) is 16.2. The van der Waals surface area contributed by atoms with Crippen LogP contribution in [-0.2, 0) is 0 Å². The summed E-state index contributed by atoms with van der Waals surface area (Å²) in [4.78, 5) is 32.2. The molecule has 0 atom stereocenters. The van der Waals surface area contributed by atoms with E-state index in [0.29, 0.717) is 31.7 Å². The van der Waals surface area contributed by atoms with Gasteiger partial charge in [-0.1, -0.05) is 19.0 Å². The molecule has 0 unspecified atom stereocenters. The van der Waals surface area contributed by atoms with Gasteiger partial charge in [-0.05, 0) is 18.1 Å². The van der Waals surface area contributed by atoms with Crippen LogP contribution in [0.5, 0.6) is 0 Å². The maximum Gasteiger partial charge on any atom is 0.292 e. The van der Waals surface area contributed by atoms with Gasteiger partial charge in [0.15, 0.2) is 0 Å². The van der Waals surface area contributed by atoms with Crippen molar-refractivity contribution in [2.24, 2.45) is 0 Å². The molecule has 0 bridgehead atoms. The van der Waals surface area contributed by atoms with Crippen molar-refractivity contribution in [3.8, 4) is 0 Å². The summed E-state index contributed by atoms with van der Waals surface area (Å²) >= 11 is 0. The lowest BCUT2D eigenvalue weighted by Gasteiger charge is -2.34. The Kier molecular flexibility index (Phi) is 4.59. The summed E-state index contributed by atoms with van der Waals surface area (Å²) < 4.78 is 5.16. The van der Waals surface area contributed by atoms with Crippen molar-refractivity contribution < 1.29 is 14.1 Å². The lowest BCUT2D eigenvalue weighted by Crippen LogP contribution is -2.50. The van der Waals surface area contributed by atoms with Crippen molar-refractivity contribution >= 4 is 11.8 Å². The fraction of sp³-hybridized carbons (Fsp3) is 0.412. The molecule has 2 amide bonds. The molecule has 126 valence electrons. The molecule has 3 rings (SSSR count). The lowest BCUT2D eigenvalue weighted by molar-refractivity contribution is 0.0512. The van der Waals surface area contributed by atoms with Gasteiger partial charge < -0.3 is 14.3 Å². The smallest absolute Gasteiger partial charge is 0.292 e. The molecule has 0 aromatic carbocycles. The number of carbonyl (C=O) groups is 2. The Morgan fingerprint density at radius 3 is 2.17 bits per heavy atom. The predicted molar refractivity (Wildman–Crippen MR) is 86.6 cm³/mol. The topological polar surface area (TPSA) is 79.5 Å². The Bertz CT molecular complexity index is 718. The van der Waals surface area contributed by atoms with Gasteiger partial charge in [0.25, 0.3) is 11.8 Å². The largest absolute Gasteiger partial charge is 0.351 e. The number of hydrogen-bond acceptors (Lipinski definition) is 5. The molecule has 0 N–H and O–H groups in total. The summed E-state index contributed by atoms with van der Waals surface area (Å²) in [6, 6.07) is 5.09. The van der Waals surface area contributed by atoms with Gasteiger partial charge in [0.2, 0.25) is 5.76 Å². The Hall–Kier alpha value is -2.70. The first-order valence-electron chi connectivity index (χ1n) is 8.01. The Morgan fingerprint density at radius 2 is 1.62 bits per heavy atom. The standard InChI is InChI=1S/C17H20N4O3/c1-12(2)14-11-15(24-19-14)17(23)21-9-7-20(8-10-21)16(22)13-3-5-18-6-4-13/h3-6,11-12H,7-10H2,1-2H3. The molecule has 3 heterocycles. The molecule has 0 spiro atoms. The first-order chi connectivity index (χ1) is 11.6. The quantitative estimate of drug-likeness (QED) is 0.858. The number of piperazine rings is 1. The van der Waals surface area contributed by atoms with Crippen molar-refractivity contribution in [3.05, 3.63) is 47.6 Å². The maximum absolute atomic E-state index is 12.5. The summed E-state index contributed by atoms with van der Waals surface area (Å²) in [5.74, 6) is 0.259. The lowest BCUT2D eigenvalue weighted by atomic mass is 10.1. The van der Waals surface area contributed by atoms with Crippen molar-refractivity contribution in [2.75, 3.05) is 26.2 Å². The van der Waals surface area contributed by atoms with Gasteiger partial charge in [0.05, 0.1) is 5.69 Å². The van der Waals surface area contributed by atoms with Crippen LogP contribution in [0.15, 0.2) is 35.1 Å². The fourth-order valence-electron chi connectivity index (χ4n) is 2.61. The van der Waals surface area contributed by atoms with E-state index in [1.807, 2.05) is 13.8 Å². The predicted octanol–water partition coefficient (Wildman–Crippen LogP) is 1.79. The molecule has 0 radical (unpaired) electrons. The number of amides is 2. The Labute approximate surface area is 140 Å². The van der Waals surface area contributed by atoms with E-state index < -0.39 is 0 Å². The monoisotopic (exact) mass is 328 g/mol. The summed E-state index contributed by atoms with van der Waals surface area (Å²) in [6.45, 7) is 5.95. The van der Waals surface area contributed by atoms with Gasteiger partial charge in [-0.3, -0.25) is 14.6 Å². The van der Waals surface area contributed by atoms with Gasteiger partial charge >= 0.3 is 0 Å². The third-order valence-electron chi connectivity index (χ3n) is 4.11. The molecule has 1 fully saturated rings. The number of carbonyl (C=O) groups excluding carboxylic acids is 2. The van der Waals surface area contributed by atoms with Crippen LogP contribution >= 0.6 is 0 Å². The second-order valence-electron chi connectivity index (χ2n) is 6.09. The molecule has 1 aliphatic rings. The van der Waals surface area contributed by atoms with E-state index in [2.05, 4.69) is 10.1 Å². The molecule has 1 aliphatic heterocycles. The van der Waals surface area contributed by atoms with Gasteiger partial charge in [-0.2, -0.15) is 0 Å². The number of nitrogens with zero attached hydrogens (tertiary/aromatic N) is 4. The van der Waals surface area contributed by atoms with Crippen molar-refractivity contribution in [1.82, 2.24) is 19.9 Å². The van der Waals surface area contributed by atoms with Crippen LogP contribution in [-0.4, -0.2) is 57.9 Å². The Morgan fingerprint density at radius 1 is 1.04 bits per heavy atom. The number of hydrogen-bond donors (Lipinski definition) is 0. The average Bonchev–Trinajstić information content (AvgIpc) is 3.12. The molecule has 7 nitrogen and oxygen atoms in total. The summed E-state index contributed by atoms with van der Waals surface area (Å²) in [5.41, 5.74) is 1.38. The third kappa shape index (κ3) is 3.29. The molecule has 0 saturated carbocycles. The van der Waals surface area contributed by atoms with E-state index in [1.54, 1.807) is 40.4 Å². The van der Waals surface area contributed by atoms with E-state index >= 15 is 0 Å². The first-order valence-corrected chi connectivity index (χ1v) is 8.01. The summed E-state index contributed by atoms with van der Waals surface area (Å²) in [6.07, 6.45) is 3.20. The minimum atomic E-state index is -0.176. The van der Waals surface area contributed by atoms with Gasteiger partial charge in [0.1, 0.15) is 0 Å². The second-order valence-corrected chi connectivity index (χ2v) is 6.09. The van der Waals surface area contributed by atoms with Crippen molar-refractivity contribution in [2.45, 2.75) is 19.8 Å². The highest BCUT2D eigenvalue weighted by atomic mass is 16.5.